The molecule has 0 amide bonds. The molecule has 0 aromatic heterocycles. The van der Waals surface area contributed by atoms with E-state index in [2.05, 4.69) is 29.6 Å². The smallest absolute Gasteiger partial charge is 0.128 e. The Morgan fingerprint density at radius 2 is 1.50 bits per heavy atom. The van der Waals surface area contributed by atoms with Gasteiger partial charge in [0.15, 0.2) is 0 Å². The van der Waals surface area contributed by atoms with Crippen molar-refractivity contribution in [3.05, 3.63) is 106 Å². The van der Waals surface area contributed by atoms with E-state index in [1.54, 1.807) is 12.1 Å². The summed E-state index contributed by atoms with van der Waals surface area (Å²) in [7, 11) is 0. The summed E-state index contributed by atoms with van der Waals surface area (Å²) in [4.78, 5) is 4.87. The molecule has 1 aliphatic heterocycles. The van der Waals surface area contributed by atoms with Crippen LogP contribution in [0.1, 0.15) is 28.8 Å². The highest BCUT2D eigenvalue weighted by Gasteiger charge is 2.31. The molecule has 4 rings (SSSR count). The van der Waals surface area contributed by atoms with Crippen molar-refractivity contribution >= 4 is 17.4 Å². The number of benzene rings is 3. The molecule has 4 heteroatoms. The maximum absolute atomic E-state index is 14.2. The molecule has 130 valence electrons. The van der Waals surface area contributed by atoms with Crippen molar-refractivity contribution in [2.75, 3.05) is 0 Å². The first kappa shape index (κ1) is 16.8. The van der Waals surface area contributed by atoms with E-state index in [1.165, 1.54) is 6.07 Å². The minimum atomic E-state index is -0.304. The van der Waals surface area contributed by atoms with Gasteiger partial charge >= 0.3 is 0 Å². The van der Waals surface area contributed by atoms with Crippen molar-refractivity contribution < 1.29 is 4.39 Å². The molecule has 1 aliphatic rings. The third-order valence-corrected chi connectivity index (χ3v) is 4.99. The third kappa shape index (κ3) is 3.35. The summed E-state index contributed by atoms with van der Waals surface area (Å²) in [5.74, 6) is 0.445. The van der Waals surface area contributed by atoms with Crippen molar-refractivity contribution in [2.45, 2.75) is 18.5 Å². The van der Waals surface area contributed by atoms with Gasteiger partial charge in [-0.15, -0.1) is 0 Å². The SMILES string of the molecule is Fc1cccc(Cl)c1CC1=N[C@@H](c2ccccc2)[C@@H](c2ccccc2)N1. The quantitative estimate of drug-likeness (QED) is 0.649. The summed E-state index contributed by atoms with van der Waals surface area (Å²) in [6, 6.07) is 25.1. The van der Waals surface area contributed by atoms with Crippen LogP contribution in [0.25, 0.3) is 0 Å². The fraction of sp³-hybridized carbons (Fsp3) is 0.136. The molecule has 0 bridgehead atoms. The van der Waals surface area contributed by atoms with Crippen LogP contribution in [0.5, 0.6) is 0 Å². The Hall–Kier alpha value is -2.65. The van der Waals surface area contributed by atoms with Crippen molar-refractivity contribution in [1.29, 1.82) is 0 Å². The van der Waals surface area contributed by atoms with Gasteiger partial charge < -0.3 is 5.32 Å². The zero-order valence-corrected chi connectivity index (χ0v) is 14.8. The Morgan fingerprint density at radius 1 is 0.846 bits per heavy atom. The van der Waals surface area contributed by atoms with Crippen LogP contribution in [0.4, 0.5) is 4.39 Å². The Kier molecular flexibility index (Phi) is 4.72. The van der Waals surface area contributed by atoms with E-state index in [9.17, 15) is 4.39 Å². The predicted octanol–water partition coefficient (Wildman–Crippen LogP) is 5.51. The number of aliphatic imine (C=N–C) groups is 1. The number of rotatable bonds is 4. The lowest BCUT2D eigenvalue weighted by Gasteiger charge is -2.19. The molecule has 26 heavy (non-hydrogen) atoms. The number of nitrogens with one attached hydrogen (secondary N) is 1. The highest BCUT2D eigenvalue weighted by Crippen LogP contribution is 2.36. The lowest BCUT2D eigenvalue weighted by molar-refractivity contribution is 0.571. The summed E-state index contributed by atoms with van der Waals surface area (Å²) in [5, 5.41) is 3.91. The summed E-state index contributed by atoms with van der Waals surface area (Å²) >= 11 is 6.19. The van der Waals surface area contributed by atoms with Crippen LogP contribution in [0.3, 0.4) is 0 Å². The fourth-order valence-corrected chi connectivity index (χ4v) is 3.58. The molecule has 2 nitrogen and oxygen atoms in total. The Balaban J connectivity index is 1.68. The summed E-state index contributed by atoms with van der Waals surface area (Å²) < 4.78 is 14.2. The van der Waals surface area contributed by atoms with E-state index in [1.807, 2.05) is 36.4 Å². The van der Waals surface area contributed by atoms with Crippen LogP contribution in [0.2, 0.25) is 5.02 Å². The Labute approximate surface area is 157 Å². The van der Waals surface area contributed by atoms with Crippen LogP contribution in [0, 0.1) is 5.82 Å². The molecular weight excluding hydrogens is 347 g/mol. The predicted molar refractivity (Wildman–Crippen MR) is 104 cm³/mol. The van der Waals surface area contributed by atoms with Crippen molar-refractivity contribution in [2.24, 2.45) is 4.99 Å². The lowest BCUT2D eigenvalue weighted by Crippen LogP contribution is -2.26. The van der Waals surface area contributed by atoms with Gasteiger partial charge in [-0.1, -0.05) is 78.3 Å². The highest BCUT2D eigenvalue weighted by atomic mass is 35.5. The summed E-state index contributed by atoms with van der Waals surface area (Å²) in [6.07, 6.45) is 0.345. The molecule has 0 radical (unpaired) electrons. The number of nitrogens with zero attached hydrogens (tertiary/aromatic N) is 1. The molecule has 3 aromatic carbocycles. The van der Waals surface area contributed by atoms with Gasteiger partial charge in [0.2, 0.25) is 0 Å². The molecule has 0 saturated heterocycles. The van der Waals surface area contributed by atoms with Crippen molar-refractivity contribution in [3.63, 3.8) is 0 Å². The Morgan fingerprint density at radius 3 is 2.15 bits per heavy atom. The van der Waals surface area contributed by atoms with Crippen molar-refractivity contribution in [1.82, 2.24) is 5.32 Å². The molecular formula is C22H18ClFN2. The zero-order valence-electron chi connectivity index (χ0n) is 14.1. The van der Waals surface area contributed by atoms with E-state index < -0.39 is 0 Å². The first-order valence-corrected chi connectivity index (χ1v) is 8.96. The van der Waals surface area contributed by atoms with E-state index in [-0.39, 0.29) is 17.9 Å². The first-order chi connectivity index (χ1) is 12.7. The number of halogens is 2. The lowest BCUT2D eigenvalue weighted by atomic mass is 9.95. The average Bonchev–Trinajstić information content (AvgIpc) is 3.10. The average molecular weight is 365 g/mol. The number of hydrogen-bond donors (Lipinski definition) is 1. The van der Waals surface area contributed by atoms with Gasteiger partial charge in [-0.3, -0.25) is 4.99 Å². The van der Waals surface area contributed by atoms with E-state index in [4.69, 9.17) is 16.6 Å². The molecule has 2 atom stereocenters. The van der Waals surface area contributed by atoms with Gasteiger partial charge in [0.25, 0.3) is 0 Å². The van der Waals surface area contributed by atoms with Gasteiger partial charge in [-0.2, -0.15) is 0 Å². The maximum Gasteiger partial charge on any atom is 0.128 e. The maximum atomic E-state index is 14.2. The van der Waals surface area contributed by atoms with Gasteiger partial charge in [-0.25, -0.2) is 4.39 Å². The monoisotopic (exact) mass is 364 g/mol. The standard InChI is InChI=1S/C22H18ClFN2/c23-18-12-7-13-19(24)17(18)14-20-25-21(15-8-3-1-4-9-15)22(26-20)16-10-5-2-6-11-16/h1-13,21-22H,14H2,(H,25,26)/t21-,22+. The van der Waals surface area contributed by atoms with Crippen LogP contribution in [0.15, 0.2) is 83.9 Å². The van der Waals surface area contributed by atoms with E-state index >= 15 is 0 Å². The normalized spacial score (nSPS) is 19.1. The van der Waals surface area contributed by atoms with E-state index in [0.717, 1.165) is 17.0 Å². The van der Waals surface area contributed by atoms with Crippen LogP contribution >= 0.6 is 11.6 Å². The Bertz CT molecular complexity index is 905. The molecule has 0 spiro atoms. The van der Waals surface area contributed by atoms with Gasteiger partial charge in [0.05, 0.1) is 6.04 Å². The highest BCUT2D eigenvalue weighted by molar-refractivity contribution is 6.31. The molecule has 3 aromatic rings. The second kappa shape index (κ2) is 7.30. The minimum absolute atomic E-state index is 0.0131. The largest absolute Gasteiger partial charge is 0.364 e. The third-order valence-electron chi connectivity index (χ3n) is 4.64. The molecule has 0 saturated carbocycles. The van der Waals surface area contributed by atoms with Crippen LogP contribution in [-0.4, -0.2) is 5.84 Å². The number of hydrogen-bond acceptors (Lipinski definition) is 2. The van der Waals surface area contributed by atoms with Crippen LogP contribution < -0.4 is 5.32 Å². The summed E-state index contributed by atoms with van der Waals surface area (Å²) in [6.45, 7) is 0. The van der Waals surface area contributed by atoms with Gasteiger partial charge in [0.1, 0.15) is 17.7 Å². The molecule has 0 fully saturated rings. The summed E-state index contributed by atoms with van der Waals surface area (Å²) in [5.41, 5.74) is 2.75. The second-order valence-electron chi connectivity index (χ2n) is 6.34. The molecule has 0 aliphatic carbocycles. The van der Waals surface area contributed by atoms with Gasteiger partial charge in [-0.05, 0) is 23.3 Å². The molecule has 1 heterocycles. The topological polar surface area (TPSA) is 24.4 Å². The van der Waals surface area contributed by atoms with E-state index in [0.29, 0.717) is 17.0 Å². The first-order valence-electron chi connectivity index (χ1n) is 8.58. The number of amidine groups is 1. The fourth-order valence-electron chi connectivity index (χ4n) is 3.35. The minimum Gasteiger partial charge on any atom is -0.364 e. The second-order valence-corrected chi connectivity index (χ2v) is 6.75. The molecule has 0 unspecified atom stereocenters. The van der Waals surface area contributed by atoms with Gasteiger partial charge in [0, 0.05) is 17.0 Å². The zero-order chi connectivity index (χ0) is 17.9. The molecule has 1 N–H and O–H groups in total. The van der Waals surface area contributed by atoms with Crippen LogP contribution in [-0.2, 0) is 6.42 Å². The van der Waals surface area contributed by atoms with Crippen molar-refractivity contribution in [3.8, 4) is 0 Å².